The maximum atomic E-state index is 5.34. The Hall–Kier alpha value is -1.06. The second-order valence-corrected chi connectivity index (χ2v) is 6.28. The molecule has 1 saturated heterocycles. The number of hydrogen-bond donors (Lipinski definition) is 2. The maximum absolute atomic E-state index is 5.34. The van der Waals surface area contributed by atoms with Crippen LogP contribution in [0, 0.1) is 0 Å². The minimum Gasteiger partial charge on any atom is -0.380 e. The van der Waals surface area contributed by atoms with Crippen molar-refractivity contribution < 1.29 is 4.74 Å². The molecule has 1 atom stereocenters. The van der Waals surface area contributed by atoms with E-state index in [1.807, 2.05) is 6.92 Å². The summed E-state index contributed by atoms with van der Waals surface area (Å²) in [6, 6.07) is 11.2. The van der Waals surface area contributed by atoms with E-state index in [1.54, 1.807) is 7.05 Å². The number of nitrogens with zero attached hydrogens (tertiary/aromatic N) is 3. The third-order valence-electron chi connectivity index (χ3n) is 4.59. The molecule has 7 heteroatoms. The molecule has 0 aliphatic carbocycles. The molecule has 1 fully saturated rings. The fourth-order valence-corrected chi connectivity index (χ4v) is 3.04. The number of nitrogens with one attached hydrogen (secondary N) is 2. The van der Waals surface area contributed by atoms with Crippen LogP contribution in [0.2, 0.25) is 0 Å². The molecule has 2 N–H and O–H groups in total. The zero-order chi connectivity index (χ0) is 17.9. The number of piperazine rings is 1. The molecule has 0 spiro atoms. The van der Waals surface area contributed by atoms with E-state index in [0.717, 1.165) is 51.8 Å². The number of anilines is 1. The zero-order valence-electron chi connectivity index (χ0n) is 16.3. The Morgan fingerprint density at radius 1 is 1.15 bits per heavy atom. The molecule has 148 valence electrons. The largest absolute Gasteiger partial charge is 0.380 e. The van der Waals surface area contributed by atoms with Crippen LogP contribution in [0.25, 0.3) is 0 Å². The topological polar surface area (TPSA) is 52.1 Å². The van der Waals surface area contributed by atoms with Crippen molar-refractivity contribution in [3.8, 4) is 0 Å². The van der Waals surface area contributed by atoms with E-state index < -0.39 is 0 Å². The van der Waals surface area contributed by atoms with Crippen molar-refractivity contribution in [1.29, 1.82) is 0 Å². The highest BCUT2D eigenvalue weighted by Gasteiger charge is 2.21. The third kappa shape index (κ3) is 7.67. The van der Waals surface area contributed by atoms with Crippen LogP contribution >= 0.6 is 24.0 Å². The van der Waals surface area contributed by atoms with E-state index in [2.05, 4.69) is 62.7 Å². The van der Waals surface area contributed by atoms with Gasteiger partial charge in [-0.3, -0.25) is 9.89 Å². The Labute approximate surface area is 175 Å². The molecule has 1 aromatic carbocycles. The third-order valence-corrected chi connectivity index (χ3v) is 4.59. The van der Waals surface area contributed by atoms with Gasteiger partial charge in [0, 0.05) is 64.7 Å². The lowest BCUT2D eigenvalue weighted by molar-refractivity contribution is 0.152. The highest BCUT2D eigenvalue weighted by atomic mass is 127. The molecular weight excluding hydrogens is 441 g/mol. The summed E-state index contributed by atoms with van der Waals surface area (Å²) in [5, 5.41) is 6.69. The second-order valence-electron chi connectivity index (χ2n) is 6.28. The number of aliphatic imine (C=N–C) groups is 1. The van der Waals surface area contributed by atoms with Gasteiger partial charge in [-0.1, -0.05) is 18.2 Å². The summed E-state index contributed by atoms with van der Waals surface area (Å²) in [6.45, 7) is 11.7. The Morgan fingerprint density at radius 2 is 1.85 bits per heavy atom. The van der Waals surface area contributed by atoms with Crippen LogP contribution in [-0.4, -0.2) is 76.4 Å². The number of benzene rings is 1. The van der Waals surface area contributed by atoms with Gasteiger partial charge >= 0.3 is 0 Å². The standard InChI is InChI=1S/C19H33N5O.HI/c1-4-25-15-10-21-19(20-3)22-16-17(2)23-11-13-24(14-12-23)18-8-6-5-7-9-18;/h5-9,17H,4,10-16H2,1-3H3,(H2,20,21,22);1H. The SMILES string of the molecule is CCOCCNC(=NC)NCC(C)N1CCN(c2ccccc2)CC1.I. The van der Waals surface area contributed by atoms with Crippen LogP contribution in [0.4, 0.5) is 5.69 Å². The summed E-state index contributed by atoms with van der Waals surface area (Å²) in [7, 11) is 1.80. The van der Waals surface area contributed by atoms with Crippen molar-refractivity contribution in [3.63, 3.8) is 0 Å². The van der Waals surface area contributed by atoms with E-state index in [0.29, 0.717) is 12.6 Å². The zero-order valence-corrected chi connectivity index (χ0v) is 18.6. The fourth-order valence-electron chi connectivity index (χ4n) is 3.04. The van der Waals surface area contributed by atoms with E-state index >= 15 is 0 Å². The lowest BCUT2D eigenvalue weighted by Crippen LogP contribution is -2.53. The van der Waals surface area contributed by atoms with Gasteiger partial charge in [0.25, 0.3) is 0 Å². The normalized spacial score (nSPS) is 16.7. The van der Waals surface area contributed by atoms with Crippen molar-refractivity contribution in [2.45, 2.75) is 19.9 Å². The van der Waals surface area contributed by atoms with Gasteiger partial charge in [0.05, 0.1) is 6.61 Å². The molecular formula is C19H34IN5O. The van der Waals surface area contributed by atoms with Gasteiger partial charge in [-0.2, -0.15) is 0 Å². The summed E-state index contributed by atoms with van der Waals surface area (Å²) in [6.07, 6.45) is 0. The minimum atomic E-state index is 0. The predicted octanol–water partition coefficient (Wildman–Crippen LogP) is 2.02. The smallest absolute Gasteiger partial charge is 0.191 e. The molecule has 1 aliphatic heterocycles. The van der Waals surface area contributed by atoms with Crippen LogP contribution in [0.5, 0.6) is 0 Å². The molecule has 0 amide bonds. The Balaban J connectivity index is 0.00000338. The first-order chi connectivity index (χ1) is 12.2. The summed E-state index contributed by atoms with van der Waals surface area (Å²) in [4.78, 5) is 9.27. The molecule has 1 aliphatic rings. The van der Waals surface area contributed by atoms with Crippen molar-refractivity contribution in [2.24, 2.45) is 4.99 Å². The lowest BCUT2D eigenvalue weighted by atomic mass is 10.2. The molecule has 2 rings (SSSR count). The summed E-state index contributed by atoms with van der Waals surface area (Å²) < 4.78 is 5.34. The maximum Gasteiger partial charge on any atom is 0.191 e. The van der Waals surface area contributed by atoms with Gasteiger partial charge in [-0.15, -0.1) is 24.0 Å². The summed E-state index contributed by atoms with van der Waals surface area (Å²) >= 11 is 0. The highest BCUT2D eigenvalue weighted by molar-refractivity contribution is 14.0. The molecule has 1 unspecified atom stereocenters. The molecule has 0 radical (unpaired) electrons. The number of halogens is 1. The minimum absolute atomic E-state index is 0. The van der Waals surface area contributed by atoms with Crippen LogP contribution in [0.1, 0.15) is 13.8 Å². The Bertz CT molecular complexity index is 506. The molecule has 0 saturated carbocycles. The Kier molecular flexibility index (Phi) is 11.6. The van der Waals surface area contributed by atoms with Crippen LogP contribution < -0.4 is 15.5 Å². The van der Waals surface area contributed by atoms with Gasteiger partial charge in [0.15, 0.2) is 5.96 Å². The highest BCUT2D eigenvalue weighted by Crippen LogP contribution is 2.16. The van der Waals surface area contributed by atoms with Crippen LogP contribution in [0.3, 0.4) is 0 Å². The van der Waals surface area contributed by atoms with E-state index in [4.69, 9.17) is 4.74 Å². The van der Waals surface area contributed by atoms with Gasteiger partial charge in [0.2, 0.25) is 0 Å². The summed E-state index contributed by atoms with van der Waals surface area (Å²) in [5.74, 6) is 0.842. The molecule has 0 aromatic heterocycles. The fraction of sp³-hybridized carbons (Fsp3) is 0.632. The van der Waals surface area contributed by atoms with Crippen molar-refractivity contribution in [3.05, 3.63) is 30.3 Å². The number of hydrogen-bond acceptors (Lipinski definition) is 4. The number of para-hydroxylation sites is 1. The average Bonchev–Trinajstić information content (AvgIpc) is 2.68. The van der Waals surface area contributed by atoms with Gasteiger partial charge in [-0.25, -0.2) is 0 Å². The number of ether oxygens (including phenoxy) is 1. The molecule has 1 heterocycles. The number of rotatable bonds is 8. The quantitative estimate of drug-likeness (QED) is 0.261. The first-order valence-electron chi connectivity index (χ1n) is 9.31. The van der Waals surface area contributed by atoms with Crippen LogP contribution in [-0.2, 0) is 4.74 Å². The molecule has 1 aromatic rings. The summed E-state index contributed by atoms with van der Waals surface area (Å²) in [5.41, 5.74) is 1.33. The Morgan fingerprint density at radius 3 is 2.46 bits per heavy atom. The van der Waals surface area contributed by atoms with E-state index in [-0.39, 0.29) is 24.0 Å². The first-order valence-corrected chi connectivity index (χ1v) is 9.31. The van der Waals surface area contributed by atoms with E-state index in [9.17, 15) is 0 Å². The molecule has 0 bridgehead atoms. The average molecular weight is 475 g/mol. The monoisotopic (exact) mass is 475 g/mol. The molecule has 26 heavy (non-hydrogen) atoms. The van der Waals surface area contributed by atoms with Crippen molar-refractivity contribution in [2.75, 3.05) is 64.4 Å². The van der Waals surface area contributed by atoms with Gasteiger partial charge in [-0.05, 0) is 26.0 Å². The van der Waals surface area contributed by atoms with Crippen LogP contribution in [0.15, 0.2) is 35.3 Å². The van der Waals surface area contributed by atoms with Gasteiger partial charge < -0.3 is 20.3 Å². The van der Waals surface area contributed by atoms with Crippen molar-refractivity contribution in [1.82, 2.24) is 15.5 Å². The molecule has 6 nitrogen and oxygen atoms in total. The van der Waals surface area contributed by atoms with Gasteiger partial charge in [0.1, 0.15) is 0 Å². The lowest BCUT2D eigenvalue weighted by Gasteiger charge is -2.39. The predicted molar refractivity (Wildman–Crippen MR) is 121 cm³/mol. The van der Waals surface area contributed by atoms with E-state index in [1.165, 1.54) is 5.69 Å². The number of guanidine groups is 1. The first kappa shape index (κ1) is 23.0. The van der Waals surface area contributed by atoms with Crippen molar-refractivity contribution >= 4 is 35.6 Å². The second kappa shape index (κ2) is 13.2.